The van der Waals surface area contributed by atoms with E-state index in [0.29, 0.717) is 0 Å². The molecule has 3 heterocycles. The van der Waals surface area contributed by atoms with Gasteiger partial charge in [-0.05, 0) is 34.7 Å². The molecule has 6 aromatic carbocycles. The third-order valence-corrected chi connectivity index (χ3v) is 9.75. The summed E-state index contributed by atoms with van der Waals surface area (Å²) in [7, 11) is 0. The zero-order valence-corrected chi connectivity index (χ0v) is 24.0. The zero-order valence-electron chi connectivity index (χ0n) is 23.2. The van der Waals surface area contributed by atoms with Crippen molar-refractivity contribution in [3.05, 3.63) is 146 Å². The molecule has 0 N–H and O–H groups in total. The van der Waals surface area contributed by atoms with Crippen molar-refractivity contribution in [2.45, 2.75) is 0 Å². The lowest BCUT2D eigenvalue weighted by Gasteiger charge is -2.11. The topological polar surface area (TPSA) is 25.8 Å². The van der Waals surface area contributed by atoms with Gasteiger partial charge in [-0.2, -0.15) is 0 Å². The average molecular weight is 565 g/mol. The SMILES string of the molecule is c1ccc(-c2cc3ccc(-c4cccc5c4sc4c5ccc5c(-c6ccccc6)nc6ccccc6c54)cc3cn2)cc1. The quantitative estimate of drug-likeness (QED) is 0.199. The van der Waals surface area contributed by atoms with Crippen LogP contribution in [-0.4, -0.2) is 9.97 Å². The number of hydrogen-bond acceptors (Lipinski definition) is 3. The number of pyridine rings is 2. The Morgan fingerprint density at radius 1 is 0.465 bits per heavy atom. The van der Waals surface area contributed by atoms with Gasteiger partial charge < -0.3 is 0 Å². The van der Waals surface area contributed by atoms with Crippen molar-refractivity contribution in [2.24, 2.45) is 0 Å². The molecule has 0 saturated heterocycles. The molecular formula is C40H24N2S. The Bertz CT molecular complexity index is 2500. The highest BCUT2D eigenvalue weighted by Gasteiger charge is 2.17. The summed E-state index contributed by atoms with van der Waals surface area (Å²) in [6.07, 6.45) is 2.00. The summed E-state index contributed by atoms with van der Waals surface area (Å²) < 4.78 is 2.62. The van der Waals surface area contributed by atoms with Gasteiger partial charge in [0.15, 0.2) is 0 Å². The molecule has 0 aliphatic rings. The van der Waals surface area contributed by atoms with E-state index in [0.717, 1.165) is 33.4 Å². The smallest absolute Gasteiger partial charge is 0.0788 e. The second-order valence-electron chi connectivity index (χ2n) is 11.0. The molecule has 0 spiro atoms. The number of hydrogen-bond donors (Lipinski definition) is 0. The highest BCUT2D eigenvalue weighted by atomic mass is 32.1. The molecule has 3 heteroatoms. The molecule has 0 bridgehead atoms. The van der Waals surface area contributed by atoms with Crippen molar-refractivity contribution in [1.82, 2.24) is 9.97 Å². The summed E-state index contributed by atoms with van der Waals surface area (Å²) >= 11 is 1.89. The average Bonchev–Trinajstić information content (AvgIpc) is 3.47. The number of para-hydroxylation sites is 1. The van der Waals surface area contributed by atoms with Gasteiger partial charge in [-0.25, -0.2) is 4.98 Å². The van der Waals surface area contributed by atoms with Crippen LogP contribution >= 0.6 is 11.3 Å². The lowest BCUT2D eigenvalue weighted by Crippen LogP contribution is -1.89. The summed E-state index contributed by atoms with van der Waals surface area (Å²) in [5.74, 6) is 0. The second kappa shape index (κ2) is 9.59. The fourth-order valence-corrected chi connectivity index (χ4v) is 7.81. The van der Waals surface area contributed by atoms with Crippen LogP contribution in [-0.2, 0) is 0 Å². The number of thiophene rings is 1. The summed E-state index contributed by atoms with van der Waals surface area (Å²) in [4.78, 5) is 9.95. The number of aromatic nitrogens is 2. The number of benzene rings is 6. The van der Waals surface area contributed by atoms with E-state index in [1.807, 2.05) is 23.6 Å². The molecule has 3 aromatic heterocycles. The van der Waals surface area contributed by atoms with Crippen LogP contribution in [0.3, 0.4) is 0 Å². The van der Waals surface area contributed by atoms with Crippen LogP contribution in [0.25, 0.3) is 86.3 Å². The van der Waals surface area contributed by atoms with Crippen molar-refractivity contribution >= 4 is 64.0 Å². The molecule has 0 atom stereocenters. The van der Waals surface area contributed by atoms with Crippen molar-refractivity contribution in [2.75, 3.05) is 0 Å². The minimum Gasteiger partial charge on any atom is -0.256 e. The highest BCUT2D eigenvalue weighted by Crippen LogP contribution is 2.46. The fraction of sp³-hybridized carbons (Fsp3) is 0. The van der Waals surface area contributed by atoms with Crippen molar-refractivity contribution < 1.29 is 0 Å². The highest BCUT2D eigenvalue weighted by molar-refractivity contribution is 7.27. The third-order valence-electron chi connectivity index (χ3n) is 8.48. The predicted molar refractivity (Wildman–Crippen MR) is 184 cm³/mol. The van der Waals surface area contributed by atoms with E-state index in [2.05, 4.69) is 133 Å². The van der Waals surface area contributed by atoms with Crippen molar-refractivity contribution in [1.29, 1.82) is 0 Å². The Morgan fingerprint density at radius 3 is 2.05 bits per heavy atom. The zero-order chi connectivity index (χ0) is 28.3. The Balaban J connectivity index is 1.28. The molecular weight excluding hydrogens is 541 g/mol. The number of rotatable bonds is 3. The third kappa shape index (κ3) is 3.86. The van der Waals surface area contributed by atoms with Gasteiger partial charge >= 0.3 is 0 Å². The molecule has 2 nitrogen and oxygen atoms in total. The Kier molecular flexibility index (Phi) is 5.40. The minimum absolute atomic E-state index is 0.996. The van der Waals surface area contributed by atoms with E-state index in [4.69, 9.17) is 9.97 Å². The van der Waals surface area contributed by atoms with E-state index < -0.39 is 0 Å². The first-order valence-electron chi connectivity index (χ1n) is 14.5. The van der Waals surface area contributed by atoms with Gasteiger partial charge in [-0.3, -0.25) is 4.98 Å². The minimum atomic E-state index is 0.996. The Labute approximate surface area is 252 Å². The van der Waals surface area contributed by atoms with Crippen LogP contribution < -0.4 is 0 Å². The summed E-state index contributed by atoms with van der Waals surface area (Å²) in [5.41, 5.74) is 7.79. The van der Waals surface area contributed by atoms with E-state index in [9.17, 15) is 0 Å². The predicted octanol–water partition coefficient (Wildman–Crippen LogP) is 11.3. The molecule has 9 rings (SSSR count). The van der Waals surface area contributed by atoms with Crippen LogP contribution in [0.1, 0.15) is 0 Å². The Morgan fingerprint density at radius 2 is 1.19 bits per heavy atom. The van der Waals surface area contributed by atoms with E-state index in [1.54, 1.807) is 0 Å². The van der Waals surface area contributed by atoms with E-state index in [-0.39, 0.29) is 0 Å². The van der Waals surface area contributed by atoms with Crippen LogP contribution in [0.5, 0.6) is 0 Å². The largest absolute Gasteiger partial charge is 0.256 e. The molecule has 200 valence electrons. The molecule has 43 heavy (non-hydrogen) atoms. The normalized spacial score (nSPS) is 11.7. The van der Waals surface area contributed by atoms with Crippen molar-refractivity contribution in [3.8, 4) is 33.6 Å². The van der Waals surface area contributed by atoms with Gasteiger partial charge in [-0.1, -0.05) is 121 Å². The van der Waals surface area contributed by atoms with Crippen LogP contribution in [0.2, 0.25) is 0 Å². The molecule has 0 fully saturated rings. The fourth-order valence-electron chi connectivity index (χ4n) is 6.41. The van der Waals surface area contributed by atoms with Crippen LogP contribution in [0.4, 0.5) is 0 Å². The first-order chi connectivity index (χ1) is 21.3. The number of nitrogens with zero attached hydrogens (tertiary/aromatic N) is 2. The van der Waals surface area contributed by atoms with Gasteiger partial charge in [0.2, 0.25) is 0 Å². The van der Waals surface area contributed by atoms with Gasteiger partial charge in [0, 0.05) is 59.0 Å². The van der Waals surface area contributed by atoms with Gasteiger partial charge in [0.05, 0.1) is 16.9 Å². The number of fused-ring (bicyclic) bond motifs is 8. The molecule has 0 saturated carbocycles. The van der Waals surface area contributed by atoms with Crippen molar-refractivity contribution in [3.63, 3.8) is 0 Å². The molecule has 0 aliphatic heterocycles. The standard InChI is InChI=1S/C40H24N2S/c1-3-10-25(11-4-1)36-23-27-18-19-28(22-29(27)24-41-36)30-15-9-16-31-32-20-21-34-37(40(32)43-39(30)31)33-14-7-8-17-35(33)42-38(34)26-12-5-2-6-13-26/h1-24H. The van der Waals surface area contributed by atoms with Gasteiger partial charge in [-0.15, -0.1) is 11.3 Å². The van der Waals surface area contributed by atoms with Crippen LogP contribution in [0.15, 0.2) is 146 Å². The maximum absolute atomic E-state index is 5.15. The van der Waals surface area contributed by atoms with E-state index in [1.165, 1.54) is 52.8 Å². The van der Waals surface area contributed by atoms with E-state index >= 15 is 0 Å². The molecule has 0 amide bonds. The molecule has 0 radical (unpaired) electrons. The second-order valence-corrected chi connectivity index (χ2v) is 12.0. The first kappa shape index (κ1) is 24.2. The summed E-state index contributed by atoms with van der Waals surface area (Å²) in [5, 5.41) is 8.59. The molecule has 0 aliphatic carbocycles. The summed E-state index contributed by atoms with van der Waals surface area (Å²) in [6.45, 7) is 0. The maximum atomic E-state index is 5.15. The Hall–Kier alpha value is -5.38. The maximum Gasteiger partial charge on any atom is 0.0788 e. The molecule has 9 aromatic rings. The summed E-state index contributed by atoms with van der Waals surface area (Å²) in [6, 6.07) is 49.7. The lowest BCUT2D eigenvalue weighted by molar-refractivity contribution is 1.36. The lowest BCUT2D eigenvalue weighted by atomic mass is 9.97. The first-order valence-corrected chi connectivity index (χ1v) is 15.3. The molecule has 0 unspecified atom stereocenters. The monoisotopic (exact) mass is 564 g/mol. The van der Waals surface area contributed by atoms with Crippen LogP contribution in [0, 0.1) is 0 Å². The van der Waals surface area contributed by atoms with Gasteiger partial charge in [0.25, 0.3) is 0 Å². The van der Waals surface area contributed by atoms with Gasteiger partial charge in [0.1, 0.15) is 0 Å².